The van der Waals surface area contributed by atoms with Gasteiger partial charge in [0.2, 0.25) is 0 Å². The van der Waals surface area contributed by atoms with Crippen molar-refractivity contribution >= 4 is 6.16 Å². The van der Waals surface area contributed by atoms with E-state index in [4.69, 9.17) is 5.11 Å². The number of hydrogen-bond donors (Lipinski definition) is 1. The Labute approximate surface area is 113 Å². The Balaban J connectivity index is 0.000000224. The average molecular weight is 258 g/mol. The lowest BCUT2D eigenvalue weighted by Crippen LogP contribution is -1.99. The molecule has 0 aliphatic carbocycles. The van der Waals surface area contributed by atoms with Gasteiger partial charge in [0, 0.05) is 0 Å². The van der Waals surface area contributed by atoms with E-state index in [0.29, 0.717) is 6.61 Å². The molecule has 0 unspecified atom stereocenters. The summed E-state index contributed by atoms with van der Waals surface area (Å²) < 4.78 is 4.11. The Kier molecular flexibility index (Phi) is 6.80. The van der Waals surface area contributed by atoms with Gasteiger partial charge < -0.3 is 9.84 Å². The minimum Gasteiger partial charge on any atom is -0.450 e. The molecular formula is C16H18O3. The van der Waals surface area contributed by atoms with Crippen molar-refractivity contribution in [2.75, 3.05) is 6.61 Å². The van der Waals surface area contributed by atoms with E-state index in [-0.39, 0.29) is 0 Å². The second-order valence-corrected chi connectivity index (χ2v) is 3.85. The second kappa shape index (κ2) is 8.75. The van der Waals surface area contributed by atoms with Crippen LogP contribution in [0.4, 0.5) is 4.79 Å². The normalized spacial score (nSPS) is 9.11. The summed E-state index contributed by atoms with van der Waals surface area (Å²) in [7, 11) is 0. The molecule has 0 atom stereocenters. The quantitative estimate of drug-likeness (QED) is 0.827. The van der Waals surface area contributed by atoms with Crippen LogP contribution in [0, 0.1) is 0 Å². The predicted octanol–water partition coefficient (Wildman–Crippen LogP) is 4.44. The Morgan fingerprint density at radius 3 is 1.63 bits per heavy atom. The first-order valence-electron chi connectivity index (χ1n) is 6.20. The molecule has 1 N–H and O–H groups in total. The number of rotatable bonds is 3. The van der Waals surface area contributed by atoms with E-state index in [0.717, 1.165) is 6.42 Å². The maximum atomic E-state index is 9.54. The van der Waals surface area contributed by atoms with E-state index in [1.807, 2.05) is 19.1 Å². The minimum absolute atomic E-state index is 0.301. The molecule has 0 aliphatic rings. The van der Waals surface area contributed by atoms with Crippen LogP contribution in [0.5, 0.6) is 0 Å². The molecule has 2 rings (SSSR count). The lowest BCUT2D eigenvalue weighted by Gasteiger charge is -1.98. The van der Waals surface area contributed by atoms with Gasteiger partial charge in [0.05, 0.1) is 6.61 Å². The Bertz CT molecular complexity index is 428. The van der Waals surface area contributed by atoms with E-state index >= 15 is 0 Å². The smallest absolute Gasteiger partial charge is 0.450 e. The minimum atomic E-state index is -1.19. The summed E-state index contributed by atoms with van der Waals surface area (Å²) in [4.78, 5) is 9.54. The highest BCUT2D eigenvalue weighted by atomic mass is 16.7. The van der Waals surface area contributed by atoms with Crippen LogP contribution in [0.25, 0.3) is 11.1 Å². The second-order valence-electron chi connectivity index (χ2n) is 3.85. The highest BCUT2D eigenvalue weighted by Gasteiger charge is 1.91. The lowest BCUT2D eigenvalue weighted by molar-refractivity contribution is 0.0918. The van der Waals surface area contributed by atoms with Crippen LogP contribution in [-0.4, -0.2) is 17.9 Å². The summed E-state index contributed by atoms with van der Waals surface area (Å²) in [5.41, 5.74) is 2.55. The number of hydrogen-bond acceptors (Lipinski definition) is 2. The molecule has 0 heterocycles. The molecule has 0 aromatic heterocycles. The third kappa shape index (κ3) is 6.27. The maximum absolute atomic E-state index is 9.54. The van der Waals surface area contributed by atoms with Crippen molar-refractivity contribution in [1.82, 2.24) is 0 Å². The van der Waals surface area contributed by atoms with Crippen molar-refractivity contribution in [2.45, 2.75) is 13.3 Å². The van der Waals surface area contributed by atoms with Crippen molar-refractivity contribution in [3.8, 4) is 11.1 Å². The van der Waals surface area contributed by atoms with Gasteiger partial charge >= 0.3 is 6.16 Å². The van der Waals surface area contributed by atoms with Crippen molar-refractivity contribution in [1.29, 1.82) is 0 Å². The van der Waals surface area contributed by atoms with Crippen molar-refractivity contribution < 1.29 is 14.6 Å². The van der Waals surface area contributed by atoms with Crippen LogP contribution >= 0.6 is 0 Å². The van der Waals surface area contributed by atoms with E-state index in [1.165, 1.54) is 11.1 Å². The third-order valence-electron chi connectivity index (χ3n) is 2.31. The van der Waals surface area contributed by atoms with Gasteiger partial charge in [-0.25, -0.2) is 4.79 Å². The van der Waals surface area contributed by atoms with E-state index in [9.17, 15) is 4.79 Å². The van der Waals surface area contributed by atoms with E-state index < -0.39 is 6.16 Å². The van der Waals surface area contributed by atoms with Crippen LogP contribution in [0.1, 0.15) is 13.3 Å². The largest absolute Gasteiger partial charge is 0.505 e. The van der Waals surface area contributed by atoms with E-state index in [2.05, 4.69) is 53.3 Å². The topological polar surface area (TPSA) is 46.5 Å². The summed E-state index contributed by atoms with van der Waals surface area (Å²) in [5.74, 6) is 0. The van der Waals surface area contributed by atoms with E-state index in [1.54, 1.807) is 0 Å². The molecule has 0 spiro atoms. The van der Waals surface area contributed by atoms with Crippen LogP contribution < -0.4 is 0 Å². The van der Waals surface area contributed by atoms with Crippen molar-refractivity contribution in [3.05, 3.63) is 60.7 Å². The third-order valence-corrected chi connectivity index (χ3v) is 2.31. The number of ether oxygens (including phenoxy) is 1. The van der Waals surface area contributed by atoms with Crippen LogP contribution in [0.15, 0.2) is 60.7 Å². The van der Waals surface area contributed by atoms with Crippen molar-refractivity contribution in [3.63, 3.8) is 0 Å². The van der Waals surface area contributed by atoms with Gasteiger partial charge in [-0.3, -0.25) is 0 Å². The zero-order chi connectivity index (χ0) is 13.9. The molecule has 0 bridgehead atoms. The summed E-state index contributed by atoms with van der Waals surface area (Å²) in [6.07, 6.45) is -0.450. The molecule has 2 aromatic carbocycles. The number of carbonyl (C=O) groups is 1. The lowest BCUT2D eigenvalue weighted by atomic mass is 10.1. The Morgan fingerprint density at radius 2 is 1.37 bits per heavy atom. The van der Waals surface area contributed by atoms with Gasteiger partial charge in [-0.1, -0.05) is 67.6 Å². The fourth-order valence-corrected chi connectivity index (χ4v) is 1.45. The molecule has 0 aliphatic heterocycles. The molecule has 0 saturated carbocycles. The number of carboxylic acid groups (broad SMARTS) is 1. The molecule has 3 heteroatoms. The highest BCUT2D eigenvalue weighted by Crippen LogP contribution is 2.17. The molecule has 100 valence electrons. The zero-order valence-electron chi connectivity index (χ0n) is 11.0. The summed E-state index contributed by atoms with van der Waals surface area (Å²) in [6, 6.07) is 20.8. The first-order chi connectivity index (χ1) is 9.24. The van der Waals surface area contributed by atoms with Crippen LogP contribution in [0.2, 0.25) is 0 Å². The van der Waals surface area contributed by atoms with Gasteiger partial charge in [0.25, 0.3) is 0 Å². The van der Waals surface area contributed by atoms with Crippen LogP contribution in [-0.2, 0) is 4.74 Å². The fourth-order valence-electron chi connectivity index (χ4n) is 1.45. The molecule has 3 nitrogen and oxygen atoms in total. The first kappa shape index (κ1) is 14.8. The molecule has 0 amide bonds. The fraction of sp³-hybridized carbons (Fsp3) is 0.188. The van der Waals surface area contributed by atoms with Gasteiger partial charge in [0.15, 0.2) is 0 Å². The van der Waals surface area contributed by atoms with Crippen LogP contribution in [0.3, 0.4) is 0 Å². The predicted molar refractivity (Wildman–Crippen MR) is 76.1 cm³/mol. The van der Waals surface area contributed by atoms with Gasteiger partial charge in [-0.05, 0) is 17.5 Å². The Hall–Kier alpha value is -2.29. The molecular weight excluding hydrogens is 240 g/mol. The SMILES string of the molecule is CCCOC(=O)O.c1ccc(-c2ccccc2)cc1. The monoisotopic (exact) mass is 258 g/mol. The average Bonchev–Trinajstić information content (AvgIpc) is 2.47. The maximum Gasteiger partial charge on any atom is 0.505 e. The molecule has 19 heavy (non-hydrogen) atoms. The van der Waals surface area contributed by atoms with Gasteiger partial charge in [-0.2, -0.15) is 0 Å². The standard InChI is InChI=1S/C12H10.C4H8O3/c1-3-7-11(8-4-1)12-9-5-2-6-10-12;1-2-3-7-4(5)6/h1-10H;2-3H2,1H3,(H,5,6). The highest BCUT2D eigenvalue weighted by molar-refractivity contribution is 5.62. The molecule has 0 saturated heterocycles. The molecule has 2 aromatic rings. The molecule has 0 fully saturated rings. The van der Waals surface area contributed by atoms with Crippen molar-refractivity contribution in [2.24, 2.45) is 0 Å². The summed E-state index contributed by atoms with van der Waals surface area (Å²) >= 11 is 0. The number of benzene rings is 2. The zero-order valence-corrected chi connectivity index (χ0v) is 11.0. The van der Waals surface area contributed by atoms with Gasteiger partial charge in [0.1, 0.15) is 0 Å². The molecule has 0 radical (unpaired) electrons. The Morgan fingerprint density at radius 1 is 0.947 bits per heavy atom. The first-order valence-corrected chi connectivity index (χ1v) is 6.20. The summed E-state index contributed by atoms with van der Waals surface area (Å²) in [6.45, 7) is 2.15. The van der Waals surface area contributed by atoms with Gasteiger partial charge in [-0.15, -0.1) is 0 Å². The summed E-state index contributed by atoms with van der Waals surface area (Å²) in [5, 5.41) is 7.82.